The highest BCUT2D eigenvalue weighted by Gasteiger charge is 2.17. The molecule has 1 aliphatic rings. The number of hydrogen-bond acceptors (Lipinski definition) is 7. The van der Waals surface area contributed by atoms with Crippen LogP contribution in [0, 0.1) is 0 Å². The van der Waals surface area contributed by atoms with Crippen molar-refractivity contribution in [3.05, 3.63) is 42.6 Å². The fraction of sp³-hybridized carbons (Fsp3) is 0.300. The number of fused-ring (bicyclic) bond motifs is 1. The van der Waals surface area contributed by atoms with Gasteiger partial charge in [0.2, 0.25) is 5.91 Å². The molecule has 0 saturated heterocycles. The van der Waals surface area contributed by atoms with Gasteiger partial charge in [0, 0.05) is 24.5 Å². The smallest absolute Gasteiger partial charge is 0.234 e. The number of nitrogens with one attached hydrogen (secondary N) is 1. The highest BCUT2D eigenvalue weighted by molar-refractivity contribution is 7.99. The highest BCUT2D eigenvalue weighted by Crippen LogP contribution is 2.32. The van der Waals surface area contributed by atoms with Crippen LogP contribution in [0.2, 0.25) is 0 Å². The molecule has 0 radical (unpaired) electrons. The van der Waals surface area contributed by atoms with Gasteiger partial charge in [-0.15, -0.1) is 10.2 Å². The molecule has 1 amide bonds. The molecule has 2 aromatic heterocycles. The van der Waals surface area contributed by atoms with E-state index < -0.39 is 0 Å². The van der Waals surface area contributed by atoms with Gasteiger partial charge in [-0.05, 0) is 30.7 Å². The molecule has 0 unspecified atom stereocenters. The summed E-state index contributed by atoms with van der Waals surface area (Å²) in [5.74, 6) is 2.14. The summed E-state index contributed by atoms with van der Waals surface area (Å²) in [6, 6.07) is 11.1. The van der Waals surface area contributed by atoms with Crippen LogP contribution in [0.15, 0.2) is 47.8 Å². The van der Waals surface area contributed by atoms with Crippen molar-refractivity contribution in [2.45, 2.75) is 25.0 Å². The van der Waals surface area contributed by atoms with Crippen molar-refractivity contribution >= 4 is 23.4 Å². The molecule has 150 valence electrons. The van der Waals surface area contributed by atoms with Crippen LogP contribution in [0.25, 0.3) is 11.5 Å². The largest absolute Gasteiger partial charge is 0.486 e. The molecule has 9 heteroatoms. The highest BCUT2D eigenvalue weighted by atomic mass is 32.2. The molecular formula is C20H21N5O3S. The number of carbonyl (C=O) groups is 1. The zero-order valence-electron chi connectivity index (χ0n) is 16.0. The number of rotatable bonds is 7. The molecule has 0 atom stereocenters. The summed E-state index contributed by atoms with van der Waals surface area (Å²) in [5.41, 5.74) is 1.44. The van der Waals surface area contributed by atoms with E-state index in [9.17, 15) is 4.79 Å². The lowest BCUT2D eigenvalue weighted by Gasteiger charge is -2.19. The normalized spacial score (nSPS) is 12.6. The van der Waals surface area contributed by atoms with Crippen molar-refractivity contribution in [1.82, 2.24) is 19.7 Å². The minimum Gasteiger partial charge on any atom is -0.486 e. The van der Waals surface area contributed by atoms with Crippen LogP contribution >= 0.6 is 11.8 Å². The second kappa shape index (κ2) is 8.95. The second-order valence-electron chi connectivity index (χ2n) is 6.37. The van der Waals surface area contributed by atoms with E-state index >= 15 is 0 Å². The fourth-order valence-corrected chi connectivity index (χ4v) is 3.72. The van der Waals surface area contributed by atoms with Crippen LogP contribution in [0.4, 0.5) is 5.69 Å². The average Bonchev–Trinajstić information content (AvgIpc) is 3.16. The van der Waals surface area contributed by atoms with E-state index in [0.29, 0.717) is 41.4 Å². The van der Waals surface area contributed by atoms with Crippen molar-refractivity contribution in [1.29, 1.82) is 0 Å². The Morgan fingerprint density at radius 3 is 2.83 bits per heavy atom. The summed E-state index contributed by atoms with van der Waals surface area (Å²) in [5, 5.41) is 12.1. The SMILES string of the molecule is CCCn1c(SCC(=O)Nc2ccc3c(c2)OCCO3)nnc1-c1ccccn1. The quantitative estimate of drug-likeness (QED) is 0.597. The standard InChI is InChI=1S/C20H21N5O3S/c1-2-9-25-19(15-5-3-4-8-21-15)23-24-20(25)29-13-18(26)22-14-6-7-16-17(12-14)28-11-10-27-16/h3-8,12H,2,9-11,13H2,1H3,(H,22,26). The monoisotopic (exact) mass is 411 g/mol. The molecule has 0 spiro atoms. The number of pyridine rings is 1. The minimum absolute atomic E-state index is 0.128. The Bertz CT molecular complexity index is 993. The minimum atomic E-state index is -0.128. The second-order valence-corrected chi connectivity index (χ2v) is 7.31. The molecule has 0 bridgehead atoms. The van der Waals surface area contributed by atoms with Crippen molar-refractivity contribution in [3.63, 3.8) is 0 Å². The van der Waals surface area contributed by atoms with Crippen molar-refractivity contribution in [2.24, 2.45) is 0 Å². The first-order valence-corrected chi connectivity index (χ1v) is 10.4. The van der Waals surface area contributed by atoms with E-state index in [0.717, 1.165) is 18.7 Å². The zero-order chi connectivity index (χ0) is 20.1. The molecular weight excluding hydrogens is 390 g/mol. The molecule has 0 fully saturated rings. The van der Waals surface area contributed by atoms with Crippen LogP contribution in [0.5, 0.6) is 11.5 Å². The van der Waals surface area contributed by atoms with Gasteiger partial charge in [-0.25, -0.2) is 0 Å². The third-order valence-corrected chi connectivity index (χ3v) is 5.18. The van der Waals surface area contributed by atoms with E-state index in [4.69, 9.17) is 9.47 Å². The number of nitrogens with zero attached hydrogens (tertiary/aromatic N) is 4. The first-order valence-electron chi connectivity index (χ1n) is 9.41. The number of thioether (sulfide) groups is 1. The summed E-state index contributed by atoms with van der Waals surface area (Å²) in [6.07, 6.45) is 2.66. The molecule has 8 nitrogen and oxygen atoms in total. The number of amides is 1. The molecule has 1 N–H and O–H groups in total. The topological polar surface area (TPSA) is 91.2 Å². The van der Waals surface area contributed by atoms with Gasteiger partial charge in [-0.3, -0.25) is 9.78 Å². The van der Waals surface area contributed by atoms with Crippen molar-refractivity contribution in [2.75, 3.05) is 24.3 Å². The number of ether oxygens (including phenoxy) is 2. The Balaban J connectivity index is 1.42. The summed E-state index contributed by atoms with van der Waals surface area (Å²) in [4.78, 5) is 16.8. The summed E-state index contributed by atoms with van der Waals surface area (Å²) >= 11 is 1.35. The van der Waals surface area contributed by atoms with Gasteiger partial charge in [-0.2, -0.15) is 0 Å². The molecule has 29 heavy (non-hydrogen) atoms. The average molecular weight is 411 g/mol. The van der Waals surface area contributed by atoms with E-state index in [1.165, 1.54) is 11.8 Å². The van der Waals surface area contributed by atoms with E-state index in [1.807, 2.05) is 22.8 Å². The van der Waals surface area contributed by atoms with E-state index in [2.05, 4.69) is 27.4 Å². The van der Waals surface area contributed by atoms with Gasteiger partial charge >= 0.3 is 0 Å². The molecule has 3 aromatic rings. The first kappa shape index (κ1) is 19.3. The molecule has 4 rings (SSSR count). The van der Waals surface area contributed by atoms with Crippen molar-refractivity contribution in [3.8, 4) is 23.0 Å². The van der Waals surface area contributed by atoms with Gasteiger partial charge in [0.25, 0.3) is 0 Å². The van der Waals surface area contributed by atoms with E-state index in [-0.39, 0.29) is 11.7 Å². The first-order chi connectivity index (χ1) is 14.2. The van der Waals surface area contributed by atoms with Crippen LogP contribution in [0.3, 0.4) is 0 Å². The van der Waals surface area contributed by atoms with Gasteiger partial charge in [-0.1, -0.05) is 24.8 Å². The maximum absolute atomic E-state index is 12.4. The summed E-state index contributed by atoms with van der Waals surface area (Å²) in [7, 11) is 0. The molecule has 3 heterocycles. The third-order valence-electron chi connectivity index (χ3n) is 4.22. The van der Waals surface area contributed by atoms with Crippen LogP contribution in [-0.4, -0.2) is 44.6 Å². The maximum atomic E-state index is 12.4. The van der Waals surface area contributed by atoms with Crippen LogP contribution in [-0.2, 0) is 11.3 Å². The lowest BCUT2D eigenvalue weighted by molar-refractivity contribution is -0.113. The Morgan fingerprint density at radius 2 is 2.03 bits per heavy atom. The molecule has 0 saturated carbocycles. The molecule has 0 aliphatic carbocycles. The Hall–Kier alpha value is -3.07. The van der Waals surface area contributed by atoms with Crippen LogP contribution in [0.1, 0.15) is 13.3 Å². The number of aromatic nitrogens is 4. The third kappa shape index (κ3) is 4.51. The fourth-order valence-electron chi connectivity index (χ4n) is 2.95. The van der Waals surface area contributed by atoms with Crippen LogP contribution < -0.4 is 14.8 Å². The summed E-state index contributed by atoms with van der Waals surface area (Å²) in [6.45, 7) is 3.89. The number of hydrogen-bond donors (Lipinski definition) is 1. The Morgan fingerprint density at radius 1 is 1.17 bits per heavy atom. The maximum Gasteiger partial charge on any atom is 0.234 e. The number of carbonyl (C=O) groups excluding carboxylic acids is 1. The van der Waals surface area contributed by atoms with Crippen molar-refractivity contribution < 1.29 is 14.3 Å². The van der Waals surface area contributed by atoms with Gasteiger partial charge < -0.3 is 19.4 Å². The number of anilines is 1. The molecule has 1 aliphatic heterocycles. The van der Waals surface area contributed by atoms with Gasteiger partial charge in [0.05, 0.1) is 5.75 Å². The Kier molecular flexibility index (Phi) is 5.95. The van der Waals surface area contributed by atoms with Gasteiger partial charge in [0.1, 0.15) is 18.9 Å². The lowest BCUT2D eigenvalue weighted by Crippen LogP contribution is -2.17. The number of benzene rings is 1. The Labute approximate surface area is 172 Å². The predicted molar refractivity (Wildman–Crippen MR) is 110 cm³/mol. The van der Waals surface area contributed by atoms with E-state index in [1.54, 1.807) is 24.4 Å². The van der Waals surface area contributed by atoms with Gasteiger partial charge in [0.15, 0.2) is 22.5 Å². The predicted octanol–water partition coefficient (Wildman–Crippen LogP) is 3.25. The molecule has 1 aromatic carbocycles. The summed E-state index contributed by atoms with van der Waals surface area (Å²) < 4.78 is 13.1. The zero-order valence-corrected chi connectivity index (χ0v) is 16.8. The lowest BCUT2D eigenvalue weighted by atomic mass is 10.2.